The van der Waals surface area contributed by atoms with E-state index in [2.05, 4.69) is 6.07 Å². The molecular weight excluding hydrogens is 112 g/mol. The molecule has 0 aromatic rings. The summed E-state index contributed by atoms with van der Waals surface area (Å²) >= 11 is 0. The molecule has 1 rings (SSSR count). The first-order valence-electron chi connectivity index (χ1n) is 2.82. The Hall–Kier alpha value is -1.28. The van der Waals surface area contributed by atoms with Crippen molar-refractivity contribution in [3.63, 3.8) is 0 Å². The van der Waals surface area contributed by atoms with Gasteiger partial charge in [-0.2, -0.15) is 10.5 Å². The maximum Gasteiger partial charge on any atom is 0.0909 e. The van der Waals surface area contributed by atoms with E-state index in [0.29, 0.717) is 0 Å². The Kier molecular flexibility index (Phi) is 1.24. The number of nitriles is 2. The van der Waals surface area contributed by atoms with Gasteiger partial charge in [0.25, 0.3) is 0 Å². The highest BCUT2D eigenvalue weighted by atomic mass is 14.5. The summed E-state index contributed by atoms with van der Waals surface area (Å²) in [5, 5.41) is 16.6. The van der Waals surface area contributed by atoms with Gasteiger partial charge in [-0.3, -0.25) is 0 Å². The largest absolute Gasteiger partial charge is 0.197 e. The molecule has 1 aliphatic carbocycles. The summed E-state index contributed by atoms with van der Waals surface area (Å²) in [6.45, 7) is 0. The van der Waals surface area contributed by atoms with E-state index in [1.165, 1.54) is 6.08 Å². The van der Waals surface area contributed by atoms with Crippen LogP contribution in [0.25, 0.3) is 0 Å². The van der Waals surface area contributed by atoms with Gasteiger partial charge >= 0.3 is 0 Å². The lowest BCUT2D eigenvalue weighted by Gasteiger charge is -1.88. The van der Waals surface area contributed by atoms with Gasteiger partial charge < -0.3 is 0 Å². The zero-order valence-corrected chi connectivity index (χ0v) is 4.96. The average molecular weight is 118 g/mol. The lowest BCUT2D eigenvalue weighted by Crippen LogP contribution is -1.86. The Bertz CT molecular complexity index is 210. The maximum absolute atomic E-state index is 8.47. The molecule has 0 unspecified atom stereocenters. The molecule has 0 amide bonds. The molecule has 9 heavy (non-hydrogen) atoms. The summed E-state index contributed by atoms with van der Waals surface area (Å²) in [7, 11) is 0. The normalized spacial score (nSPS) is 20.7. The minimum Gasteiger partial charge on any atom is -0.197 e. The first kappa shape index (κ1) is 5.85. The van der Waals surface area contributed by atoms with Crippen LogP contribution in [0, 0.1) is 28.1 Å². The van der Waals surface area contributed by atoms with E-state index in [0.717, 1.165) is 12.8 Å². The van der Waals surface area contributed by atoms with Crippen molar-refractivity contribution >= 4 is 0 Å². The first-order valence-corrected chi connectivity index (χ1v) is 2.82. The van der Waals surface area contributed by atoms with Gasteiger partial charge in [-0.15, -0.1) is 0 Å². The Morgan fingerprint density at radius 1 is 1.33 bits per heavy atom. The third-order valence-corrected chi connectivity index (χ3v) is 1.49. The van der Waals surface area contributed by atoms with Crippen LogP contribution in [0.2, 0.25) is 0 Å². The molecule has 0 saturated heterocycles. The number of nitrogens with zero attached hydrogens (tertiary/aromatic N) is 2. The van der Waals surface area contributed by atoms with Crippen LogP contribution in [0.3, 0.4) is 0 Å². The molecule has 1 saturated carbocycles. The molecule has 0 atom stereocenters. The van der Waals surface area contributed by atoms with E-state index in [9.17, 15) is 0 Å². The lowest BCUT2D eigenvalue weighted by atomic mass is 10.1. The molecular formula is C7H6N2. The van der Waals surface area contributed by atoms with Gasteiger partial charge in [-0.25, -0.2) is 0 Å². The van der Waals surface area contributed by atoms with Crippen LogP contribution in [-0.4, -0.2) is 0 Å². The van der Waals surface area contributed by atoms with Crippen molar-refractivity contribution in [3.05, 3.63) is 12.2 Å². The molecule has 0 N–H and O–H groups in total. The van der Waals surface area contributed by atoms with E-state index in [1.54, 1.807) is 6.08 Å². The number of hydrogen-bond acceptors (Lipinski definition) is 2. The van der Waals surface area contributed by atoms with Crippen molar-refractivity contribution in [1.29, 1.82) is 10.5 Å². The molecule has 0 aromatic heterocycles. The van der Waals surface area contributed by atoms with Crippen molar-refractivity contribution in [3.8, 4) is 12.1 Å². The predicted molar refractivity (Wildman–Crippen MR) is 32.0 cm³/mol. The fourth-order valence-corrected chi connectivity index (χ4v) is 0.647. The van der Waals surface area contributed by atoms with Gasteiger partial charge in [-0.05, 0) is 12.8 Å². The van der Waals surface area contributed by atoms with E-state index >= 15 is 0 Å². The summed E-state index contributed by atoms with van der Waals surface area (Å²) in [4.78, 5) is 0. The fourth-order valence-electron chi connectivity index (χ4n) is 0.647. The third kappa shape index (κ3) is 1.09. The molecule has 0 heterocycles. The van der Waals surface area contributed by atoms with E-state index in [4.69, 9.17) is 10.5 Å². The maximum atomic E-state index is 8.47. The lowest BCUT2D eigenvalue weighted by molar-refractivity contribution is 0.877. The predicted octanol–water partition coefficient (Wildman–Crippen LogP) is 1.37. The molecule has 2 nitrogen and oxygen atoms in total. The number of allylic oxidation sites excluding steroid dienone is 2. The Morgan fingerprint density at radius 3 is 2.33 bits per heavy atom. The fraction of sp³-hybridized carbons (Fsp3) is 0.429. The molecule has 2 heteroatoms. The van der Waals surface area contributed by atoms with E-state index < -0.39 is 0 Å². The Balaban J connectivity index is 2.57. The third-order valence-electron chi connectivity index (χ3n) is 1.49. The standard InChI is InChI=1S/C7H6N2/c8-5-1-2-7(6-9)3-4-7/h1-2H,3-4H2. The average Bonchev–Trinajstić information content (AvgIpc) is 2.65. The summed E-state index contributed by atoms with van der Waals surface area (Å²) in [6, 6.07) is 4.02. The van der Waals surface area contributed by atoms with Crippen molar-refractivity contribution in [1.82, 2.24) is 0 Å². The Morgan fingerprint density at radius 2 is 2.00 bits per heavy atom. The second-order valence-corrected chi connectivity index (χ2v) is 2.23. The summed E-state index contributed by atoms with van der Waals surface area (Å²) in [5.74, 6) is 0. The zero-order chi connectivity index (χ0) is 6.74. The van der Waals surface area contributed by atoms with Gasteiger partial charge in [0.1, 0.15) is 0 Å². The molecule has 0 spiro atoms. The monoisotopic (exact) mass is 118 g/mol. The molecule has 1 fully saturated rings. The minimum atomic E-state index is -0.254. The van der Waals surface area contributed by atoms with Crippen molar-refractivity contribution in [2.45, 2.75) is 12.8 Å². The van der Waals surface area contributed by atoms with E-state index in [-0.39, 0.29) is 5.41 Å². The molecule has 1 aliphatic rings. The summed E-state index contributed by atoms with van der Waals surface area (Å²) in [6.07, 6.45) is 4.91. The first-order chi connectivity index (χ1) is 4.33. The summed E-state index contributed by atoms with van der Waals surface area (Å²) in [5.41, 5.74) is -0.254. The zero-order valence-electron chi connectivity index (χ0n) is 4.96. The van der Waals surface area contributed by atoms with Crippen molar-refractivity contribution < 1.29 is 0 Å². The van der Waals surface area contributed by atoms with Crippen LogP contribution < -0.4 is 0 Å². The van der Waals surface area contributed by atoms with Crippen LogP contribution in [0.5, 0.6) is 0 Å². The van der Waals surface area contributed by atoms with Crippen molar-refractivity contribution in [2.75, 3.05) is 0 Å². The number of rotatable bonds is 1. The van der Waals surface area contributed by atoms with Gasteiger partial charge in [-0.1, -0.05) is 6.08 Å². The van der Waals surface area contributed by atoms with Gasteiger partial charge in [0, 0.05) is 6.08 Å². The highest BCUT2D eigenvalue weighted by molar-refractivity contribution is 5.24. The quantitative estimate of drug-likeness (QED) is 0.488. The van der Waals surface area contributed by atoms with E-state index in [1.807, 2.05) is 6.07 Å². The highest BCUT2D eigenvalue weighted by Gasteiger charge is 2.40. The smallest absolute Gasteiger partial charge is 0.0909 e. The molecule has 0 radical (unpaired) electrons. The summed E-state index contributed by atoms with van der Waals surface area (Å²) < 4.78 is 0. The van der Waals surface area contributed by atoms with Gasteiger partial charge in [0.2, 0.25) is 0 Å². The molecule has 0 aliphatic heterocycles. The van der Waals surface area contributed by atoms with Crippen LogP contribution >= 0.6 is 0 Å². The van der Waals surface area contributed by atoms with Gasteiger partial charge in [0.05, 0.1) is 17.6 Å². The Labute approximate surface area is 54.0 Å². The second kappa shape index (κ2) is 1.91. The van der Waals surface area contributed by atoms with Crippen LogP contribution in [-0.2, 0) is 0 Å². The highest BCUT2D eigenvalue weighted by Crippen LogP contribution is 2.46. The van der Waals surface area contributed by atoms with Crippen LogP contribution in [0.1, 0.15) is 12.8 Å². The number of hydrogen-bond donors (Lipinski definition) is 0. The SMILES string of the molecule is N#CC=CC1(C#N)CC1. The molecule has 0 aromatic carbocycles. The molecule has 0 bridgehead atoms. The molecule has 44 valence electrons. The van der Waals surface area contributed by atoms with Gasteiger partial charge in [0.15, 0.2) is 0 Å². The van der Waals surface area contributed by atoms with Crippen molar-refractivity contribution in [2.24, 2.45) is 5.41 Å². The minimum absolute atomic E-state index is 0.254. The second-order valence-electron chi connectivity index (χ2n) is 2.23. The van der Waals surface area contributed by atoms with Crippen LogP contribution in [0.4, 0.5) is 0 Å². The van der Waals surface area contributed by atoms with Crippen LogP contribution in [0.15, 0.2) is 12.2 Å². The topological polar surface area (TPSA) is 47.6 Å².